The highest BCUT2D eigenvalue weighted by Crippen LogP contribution is 2.50. The Labute approximate surface area is 309 Å². The van der Waals surface area contributed by atoms with Gasteiger partial charge in [0, 0.05) is 31.8 Å². The van der Waals surface area contributed by atoms with Crippen molar-refractivity contribution in [3.05, 3.63) is 174 Å². The summed E-state index contributed by atoms with van der Waals surface area (Å²) in [5.74, 6) is 0.888. The standard InChI is InChI=1S/C49H31N3S/c1-49-28-27-31-15-4-7-19-34(31)47(49)50-48(43(51-49)37-23-12-16-29-13-2-5-17-32(29)37)52-40-24-11-10-22-38(40)41-35-20-8-9-21-36(35)42-39-26-25-30-14-3-6-18-33(30)45(39)53-46(42)44(41)52/h2-28,47H,1H3. The molecule has 2 aromatic heterocycles. The minimum absolute atomic E-state index is 0.184. The Morgan fingerprint density at radius 3 is 2.08 bits per heavy atom. The van der Waals surface area contributed by atoms with E-state index in [0.29, 0.717) is 0 Å². The van der Waals surface area contributed by atoms with Crippen LogP contribution >= 0.6 is 11.3 Å². The van der Waals surface area contributed by atoms with Crippen LogP contribution < -0.4 is 0 Å². The van der Waals surface area contributed by atoms with Gasteiger partial charge < -0.3 is 0 Å². The minimum atomic E-state index is -0.554. The van der Waals surface area contributed by atoms with Gasteiger partial charge >= 0.3 is 0 Å². The third-order valence-corrected chi connectivity index (χ3v) is 12.9. The monoisotopic (exact) mass is 693 g/mol. The van der Waals surface area contributed by atoms with Crippen LogP contribution in [0.5, 0.6) is 0 Å². The average molecular weight is 694 g/mol. The predicted molar refractivity (Wildman–Crippen MR) is 227 cm³/mol. The second-order valence-electron chi connectivity index (χ2n) is 14.6. The maximum Gasteiger partial charge on any atom is 0.160 e. The molecule has 0 saturated carbocycles. The second kappa shape index (κ2) is 10.6. The van der Waals surface area contributed by atoms with Crippen molar-refractivity contribution in [1.29, 1.82) is 0 Å². The minimum Gasteiger partial charge on any atom is -0.291 e. The first-order chi connectivity index (χ1) is 26.2. The summed E-state index contributed by atoms with van der Waals surface area (Å²) in [5, 5.41) is 12.5. The molecular weight excluding hydrogens is 663 g/mol. The number of rotatable bonds is 1. The number of nitrogens with zero attached hydrogens (tertiary/aromatic N) is 3. The van der Waals surface area contributed by atoms with Crippen LogP contribution in [0.4, 0.5) is 0 Å². The number of fused-ring (bicyclic) bond motifs is 16. The van der Waals surface area contributed by atoms with Crippen molar-refractivity contribution in [3.63, 3.8) is 0 Å². The Bertz CT molecular complexity index is 3310. The zero-order chi connectivity index (χ0) is 34.8. The van der Waals surface area contributed by atoms with Gasteiger partial charge in [0.15, 0.2) is 5.84 Å². The molecule has 53 heavy (non-hydrogen) atoms. The fourth-order valence-corrected chi connectivity index (χ4v) is 10.6. The SMILES string of the molecule is CC12C=Cc3ccccc3C1N=C(n1c3ccccc3c3c4ccccc4c4c5ccc6ccccc6c5sc4c31)C(c1cccc3ccccc13)=N2. The van der Waals surface area contributed by atoms with Gasteiger partial charge in [-0.1, -0.05) is 158 Å². The zero-order valence-corrected chi connectivity index (χ0v) is 29.7. The van der Waals surface area contributed by atoms with E-state index in [9.17, 15) is 0 Å². The molecule has 0 spiro atoms. The van der Waals surface area contributed by atoms with E-state index < -0.39 is 5.54 Å². The van der Waals surface area contributed by atoms with Crippen LogP contribution in [-0.4, -0.2) is 21.7 Å². The van der Waals surface area contributed by atoms with E-state index in [4.69, 9.17) is 9.98 Å². The van der Waals surface area contributed by atoms with Gasteiger partial charge in [-0.05, 0) is 56.4 Å². The molecule has 0 N–H and O–H groups in total. The largest absolute Gasteiger partial charge is 0.291 e. The van der Waals surface area contributed by atoms with Crippen LogP contribution in [0.15, 0.2) is 168 Å². The molecule has 0 amide bonds. The van der Waals surface area contributed by atoms with E-state index in [0.717, 1.165) is 22.6 Å². The van der Waals surface area contributed by atoms with Crippen LogP contribution in [-0.2, 0) is 0 Å². The molecule has 0 fully saturated rings. The van der Waals surface area contributed by atoms with Crippen molar-refractivity contribution >= 4 is 103 Å². The highest BCUT2D eigenvalue weighted by molar-refractivity contribution is 7.27. The van der Waals surface area contributed by atoms with Gasteiger partial charge in [0.05, 0.1) is 15.7 Å². The molecule has 0 bridgehead atoms. The van der Waals surface area contributed by atoms with Crippen molar-refractivity contribution in [1.82, 2.24) is 4.57 Å². The molecule has 2 atom stereocenters. The van der Waals surface area contributed by atoms with Gasteiger partial charge in [0.25, 0.3) is 0 Å². The number of aliphatic imine (C=N–C) groups is 2. The van der Waals surface area contributed by atoms with Crippen molar-refractivity contribution in [2.24, 2.45) is 9.98 Å². The third kappa shape index (κ3) is 3.93. The maximum atomic E-state index is 5.92. The van der Waals surface area contributed by atoms with E-state index in [1.54, 1.807) is 0 Å². The highest BCUT2D eigenvalue weighted by atomic mass is 32.1. The van der Waals surface area contributed by atoms with Crippen LogP contribution in [0.3, 0.4) is 0 Å². The molecule has 2 aliphatic rings. The molecule has 10 aromatic rings. The van der Waals surface area contributed by atoms with Crippen LogP contribution in [0.25, 0.3) is 80.4 Å². The molecule has 0 saturated heterocycles. The fraction of sp³-hybridized carbons (Fsp3) is 0.0612. The Balaban J connectivity index is 1.29. The van der Waals surface area contributed by atoms with Gasteiger partial charge in [-0.25, -0.2) is 0 Å². The lowest BCUT2D eigenvalue weighted by Gasteiger charge is -2.38. The lowest BCUT2D eigenvalue weighted by Crippen LogP contribution is -2.40. The average Bonchev–Trinajstić information content (AvgIpc) is 3.78. The quantitative estimate of drug-likeness (QED) is 0.164. The highest BCUT2D eigenvalue weighted by Gasteiger charge is 2.42. The van der Waals surface area contributed by atoms with Crippen molar-refractivity contribution in [3.8, 4) is 0 Å². The first kappa shape index (κ1) is 29.2. The maximum absolute atomic E-state index is 5.92. The number of para-hydroxylation sites is 1. The number of hydrogen-bond donors (Lipinski definition) is 0. The van der Waals surface area contributed by atoms with Crippen LogP contribution in [0.1, 0.15) is 29.7 Å². The molecule has 1 aliphatic heterocycles. The van der Waals surface area contributed by atoms with Crippen LogP contribution in [0.2, 0.25) is 0 Å². The molecular formula is C49H31N3S. The molecule has 1 aliphatic carbocycles. The first-order valence-electron chi connectivity index (χ1n) is 18.3. The van der Waals surface area contributed by atoms with E-state index in [1.807, 2.05) is 11.3 Å². The van der Waals surface area contributed by atoms with Gasteiger partial charge in [-0.3, -0.25) is 14.6 Å². The molecule has 8 aromatic carbocycles. The fourth-order valence-electron chi connectivity index (χ4n) is 9.25. The van der Waals surface area contributed by atoms with Crippen LogP contribution in [0, 0.1) is 0 Å². The van der Waals surface area contributed by atoms with Crippen molar-refractivity contribution in [2.75, 3.05) is 0 Å². The molecule has 4 heteroatoms. The molecule has 3 nitrogen and oxygen atoms in total. The molecule has 2 unspecified atom stereocenters. The summed E-state index contributed by atoms with van der Waals surface area (Å²) >= 11 is 1.91. The molecule has 248 valence electrons. The summed E-state index contributed by atoms with van der Waals surface area (Å²) in [5.41, 5.74) is 6.20. The van der Waals surface area contributed by atoms with Gasteiger partial charge in [0.2, 0.25) is 0 Å². The summed E-state index contributed by atoms with van der Waals surface area (Å²) in [6, 6.07) is 55.0. The van der Waals surface area contributed by atoms with E-state index >= 15 is 0 Å². The zero-order valence-electron chi connectivity index (χ0n) is 28.9. The summed E-state index contributed by atoms with van der Waals surface area (Å²) in [6.45, 7) is 2.24. The normalized spacial score (nSPS) is 18.3. The lowest BCUT2D eigenvalue weighted by molar-refractivity contribution is 0.467. The predicted octanol–water partition coefficient (Wildman–Crippen LogP) is 12.9. The Morgan fingerprint density at radius 1 is 0.566 bits per heavy atom. The van der Waals surface area contributed by atoms with E-state index in [1.165, 1.54) is 79.9 Å². The van der Waals surface area contributed by atoms with E-state index in [-0.39, 0.29) is 6.04 Å². The van der Waals surface area contributed by atoms with Gasteiger partial charge in [-0.2, -0.15) is 0 Å². The van der Waals surface area contributed by atoms with E-state index in [2.05, 4.69) is 175 Å². The number of hydrogen-bond acceptors (Lipinski definition) is 3. The van der Waals surface area contributed by atoms with Gasteiger partial charge in [-0.15, -0.1) is 11.3 Å². The molecule has 0 radical (unpaired) electrons. The first-order valence-corrected chi connectivity index (χ1v) is 19.1. The summed E-state index contributed by atoms with van der Waals surface area (Å²) in [4.78, 5) is 11.7. The van der Waals surface area contributed by atoms with Crippen molar-refractivity contribution in [2.45, 2.75) is 18.5 Å². The summed E-state index contributed by atoms with van der Waals surface area (Å²) < 4.78 is 5.07. The second-order valence-corrected chi connectivity index (χ2v) is 15.6. The van der Waals surface area contributed by atoms with Crippen molar-refractivity contribution < 1.29 is 0 Å². The Kier molecular flexibility index (Phi) is 5.85. The number of benzene rings is 8. The Morgan fingerprint density at radius 2 is 1.23 bits per heavy atom. The number of aromatic nitrogens is 1. The topological polar surface area (TPSA) is 29.6 Å². The lowest BCUT2D eigenvalue weighted by atomic mass is 9.79. The molecule has 3 heterocycles. The smallest absolute Gasteiger partial charge is 0.160 e. The third-order valence-electron chi connectivity index (χ3n) is 11.7. The Hall–Kier alpha value is -6.36. The van der Waals surface area contributed by atoms with Gasteiger partial charge in [0.1, 0.15) is 17.3 Å². The summed E-state index contributed by atoms with van der Waals surface area (Å²) in [7, 11) is 0. The number of thiophene rings is 1. The summed E-state index contributed by atoms with van der Waals surface area (Å²) in [6.07, 6.45) is 4.49. The molecule has 12 rings (SSSR count).